The highest BCUT2D eigenvalue weighted by atomic mass is 32.2. The van der Waals surface area contributed by atoms with Crippen LogP contribution >= 0.6 is 0 Å². The first kappa shape index (κ1) is 10.5. The van der Waals surface area contributed by atoms with Crippen molar-refractivity contribution in [3.8, 4) is 0 Å². The first-order chi connectivity index (χ1) is 5.87. The lowest BCUT2D eigenvalue weighted by Gasteiger charge is -2.13. The second-order valence-corrected chi connectivity index (χ2v) is 5.70. The quantitative estimate of drug-likeness (QED) is 0.598. The summed E-state index contributed by atoms with van der Waals surface area (Å²) in [5.41, 5.74) is -0.526. The molecule has 0 bridgehead atoms. The molecule has 6 heteroatoms. The van der Waals surface area contributed by atoms with Crippen LogP contribution in [0.25, 0.3) is 0 Å². The molecule has 1 amide bonds. The molecule has 0 heterocycles. The Morgan fingerprint density at radius 1 is 1.54 bits per heavy atom. The van der Waals surface area contributed by atoms with Gasteiger partial charge in [0.05, 0.1) is 12.1 Å². The third kappa shape index (κ3) is 3.31. The van der Waals surface area contributed by atoms with E-state index in [0.29, 0.717) is 0 Å². The molecule has 5 nitrogen and oxygen atoms in total. The van der Waals surface area contributed by atoms with Crippen LogP contribution in [-0.2, 0) is 14.6 Å². The summed E-state index contributed by atoms with van der Waals surface area (Å²) in [5.74, 6) is -1.04. The molecule has 1 aliphatic carbocycles. The van der Waals surface area contributed by atoms with Crippen LogP contribution in [0.3, 0.4) is 0 Å². The average molecular weight is 207 g/mol. The van der Waals surface area contributed by atoms with E-state index in [1.165, 1.54) is 0 Å². The van der Waals surface area contributed by atoms with E-state index in [9.17, 15) is 13.2 Å². The number of hydrogen-bond acceptors (Lipinski definition) is 4. The molecular formula is C7H13NO4S. The van der Waals surface area contributed by atoms with Crippen molar-refractivity contribution in [2.75, 3.05) is 18.6 Å². The second kappa shape index (κ2) is 3.26. The number of aliphatic hydroxyl groups excluding tert-OH is 1. The highest BCUT2D eigenvalue weighted by Gasteiger charge is 2.43. The minimum Gasteiger partial charge on any atom is -0.394 e. The summed E-state index contributed by atoms with van der Waals surface area (Å²) in [6, 6.07) is 0. The Balaban J connectivity index is 2.43. The van der Waals surface area contributed by atoms with Gasteiger partial charge in [0.1, 0.15) is 5.75 Å². The Labute approximate surface area is 77.1 Å². The van der Waals surface area contributed by atoms with Gasteiger partial charge in [0.15, 0.2) is 9.84 Å². The normalized spacial score (nSPS) is 19.5. The zero-order valence-corrected chi connectivity index (χ0v) is 8.23. The minimum atomic E-state index is -3.27. The Kier molecular flexibility index (Phi) is 2.63. The van der Waals surface area contributed by atoms with E-state index in [1.54, 1.807) is 0 Å². The van der Waals surface area contributed by atoms with E-state index in [-0.39, 0.29) is 6.61 Å². The van der Waals surface area contributed by atoms with Crippen molar-refractivity contribution < 1.29 is 18.3 Å². The lowest BCUT2D eigenvalue weighted by Crippen LogP contribution is -2.42. The molecule has 0 saturated heterocycles. The van der Waals surface area contributed by atoms with Gasteiger partial charge in [-0.2, -0.15) is 0 Å². The van der Waals surface area contributed by atoms with Crippen LogP contribution in [0.4, 0.5) is 0 Å². The van der Waals surface area contributed by atoms with Gasteiger partial charge in [0, 0.05) is 6.26 Å². The molecule has 1 aliphatic rings. The molecule has 76 valence electrons. The third-order valence-corrected chi connectivity index (χ3v) is 2.74. The van der Waals surface area contributed by atoms with Crippen LogP contribution in [0.2, 0.25) is 0 Å². The van der Waals surface area contributed by atoms with E-state index in [1.807, 2.05) is 0 Å². The molecule has 0 unspecified atom stereocenters. The van der Waals surface area contributed by atoms with Crippen molar-refractivity contribution >= 4 is 15.7 Å². The van der Waals surface area contributed by atoms with Crippen molar-refractivity contribution in [3.63, 3.8) is 0 Å². The zero-order valence-electron chi connectivity index (χ0n) is 7.41. The molecule has 0 aromatic carbocycles. The molecule has 1 fully saturated rings. The fourth-order valence-corrected chi connectivity index (χ4v) is 1.59. The molecule has 1 saturated carbocycles. The van der Waals surface area contributed by atoms with E-state index >= 15 is 0 Å². The minimum absolute atomic E-state index is 0.123. The lowest BCUT2D eigenvalue weighted by atomic mass is 10.3. The summed E-state index contributed by atoms with van der Waals surface area (Å²) in [4.78, 5) is 11.1. The predicted molar refractivity (Wildman–Crippen MR) is 46.9 cm³/mol. The average Bonchev–Trinajstić information content (AvgIpc) is 2.65. The van der Waals surface area contributed by atoms with Gasteiger partial charge in [0.2, 0.25) is 5.91 Å². The Morgan fingerprint density at radius 2 is 2.08 bits per heavy atom. The van der Waals surface area contributed by atoms with Gasteiger partial charge in [-0.3, -0.25) is 4.79 Å². The lowest BCUT2D eigenvalue weighted by molar-refractivity contribution is -0.119. The van der Waals surface area contributed by atoms with Crippen LogP contribution in [0, 0.1) is 0 Å². The summed E-state index contributed by atoms with van der Waals surface area (Å²) in [6.07, 6.45) is 2.45. The molecule has 13 heavy (non-hydrogen) atoms. The number of aliphatic hydroxyl groups is 1. The zero-order chi connectivity index (χ0) is 10.1. The van der Waals surface area contributed by atoms with E-state index in [0.717, 1.165) is 19.1 Å². The predicted octanol–water partition coefficient (Wildman–Crippen LogP) is -1.33. The summed E-state index contributed by atoms with van der Waals surface area (Å²) < 4.78 is 21.4. The molecule has 0 atom stereocenters. The van der Waals surface area contributed by atoms with Crippen LogP contribution in [0.1, 0.15) is 12.8 Å². The van der Waals surface area contributed by atoms with Crippen molar-refractivity contribution in [1.29, 1.82) is 0 Å². The van der Waals surface area contributed by atoms with Gasteiger partial charge in [0.25, 0.3) is 0 Å². The van der Waals surface area contributed by atoms with Crippen LogP contribution in [-0.4, -0.2) is 43.6 Å². The molecule has 0 radical (unpaired) electrons. The van der Waals surface area contributed by atoms with Crippen LogP contribution in [0.5, 0.6) is 0 Å². The molecule has 0 aliphatic heterocycles. The first-order valence-electron chi connectivity index (χ1n) is 3.96. The second-order valence-electron chi connectivity index (χ2n) is 3.56. The smallest absolute Gasteiger partial charge is 0.235 e. The summed E-state index contributed by atoms with van der Waals surface area (Å²) in [5, 5.41) is 11.3. The largest absolute Gasteiger partial charge is 0.394 e. The van der Waals surface area contributed by atoms with E-state index in [4.69, 9.17) is 5.11 Å². The third-order valence-electron chi connectivity index (χ3n) is 1.95. The maximum absolute atomic E-state index is 11.1. The van der Waals surface area contributed by atoms with Crippen LogP contribution in [0.15, 0.2) is 0 Å². The maximum Gasteiger partial charge on any atom is 0.235 e. The maximum atomic E-state index is 11.1. The SMILES string of the molecule is CS(=O)(=O)CC(=O)NC1(CO)CC1. The van der Waals surface area contributed by atoms with Gasteiger partial charge in [-0.25, -0.2) is 8.42 Å². The highest BCUT2D eigenvalue weighted by Crippen LogP contribution is 2.34. The van der Waals surface area contributed by atoms with Crippen molar-refractivity contribution in [1.82, 2.24) is 5.32 Å². The monoisotopic (exact) mass is 207 g/mol. The topological polar surface area (TPSA) is 83.5 Å². The summed E-state index contributed by atoms with van der Waals surface area (Å²) in [7, 11) is -3.27. The van der Waals surface area contributed by atoms with Crippen molar-refractivity contribution in [3.05, 3.63) is 0 Å². The van der Waals surface area contributed by atoms with Crippen molar-refractivity contribution in [2.24, 2.45) is 0 Å². The molecule has 0 aromatic rings. The number of amides is 1. The Hall–Kier alpha value is -0.620. The van der Waals surface area contributed by atoms with Gasteiger partial charge in [-0.05, 0) is 12.8 Å². The molecule has 2 N–H and O–H groups in total. The van der Waals surface area contributed by atoms with Gasteiger partial charge in [-0.15, -0.1) is 0 Å². The first-order valence-corrected chi connectivity index (χ1v) is 6.03. The highest BCUT2D eigenvalue weighted by molar-refractivity contribution is 7.91. The molecule has 0 aromatic heterocycles. The fraction of sp³-hybridized carbons (Fsp3) is 0.857. The summed E-state index contributed by atoms with van der Waals surface area (Å²) >= 11 is 0. The summed E-state index contributed by atoms with van der Waals surface area (Å²) in [6.45, 7) is -0.123. The van der Waals surface area contributed by atoms with Crippen LogP contribution < -0.4 is 5.32 Å². The number of carbonyl (C=O) groups is 1. The van der Waals surface area contributed by atoms with Crippen molar-refractivity contribution in [2.45, 2.75) is 18.4 Å². The molecular weight excluding hydrogens is 194 g/mol. The molecule has 1 rings (SSSR count). The number of nitrogens with one attached hydrogen (secondary N) is 1. The number of hydrogen-bond donors (Lipinski definition) is 2. The Bertz CT molecular complexity index is 304. The van der Waals surface area contributed by atoms with Gasteiger partial charge < -0.3 is 10.4 Å². The van der Waals surface area contributed by atoms with E-state index < -0.39 is 27.0 Å². The molecule has 0 spiro atoms. The van der Waals surface area contributed by atoms with Gasteiger partial charge in [-0.1, -0.05) is 0 Å². The number of sulfone groups is 1. The van der Waals surface area contributed by atoms with E-state index in [2.05, 4.69) is 5.32 Å². The number of carbonyl (C=O) groups excluding carboxylic acids is 1. The fourth-order valence-electron chi connectivity index (χ4n) is 1.04. The number of rotatable bonds is 4. The standard InChI is InChI=1S/C7H13NO4S/c1-13(11,12)4-6(10)8-7(5-9)2-3-7/h9H,2-5H2,1H3,(H,8,10). The Morgan fingerprint density at radius 3 is 2.38 bits per heavy atom. The van der Waals surface area contributed by atoms with Gasteiger partial charge >= 0.3 is 0 Å².